The average molecular weight is 459 g/mol. The van der Waals surface area contributed by atoms with Gasteiger partial charge in [0.05, 0.1) is 17.4 Å². The van der Waals surface area contributed by atoms with E-state index in [1.807, 2.05) is 31.2 Å². The van der Waals surface area contributed by atoms with Crippen LogP contribution in [0.25, 0.3) is 11.4 Å². The lowest BCUT2D eigenvalue weighted by atomic mass is 9.99. The number of nitrogens with zero attached hydrogens (tertiary/aromatic N) is 3. The van der Waals surface area contributed by atoms with Crippen molar-refractivity contribution in [2.75, 3.05) is 13.1 Å². The summed E-state index contributed by atoms with van der Waals surface area (Å²) in [5.41, 5.74) is 1.86. The number of carbonyl (C=O) groups excluding carboxylic acids is 1. The van der Waals surface area contributed by atoms with E-state index in [4.69, 9.17) is 4.52 Å². The Balaban J connectivity index is 1.38. The molecule has 10 heteroatoms. The van der Waals surface area contributed by atoms with Crippen molar-refractivity contribution >= 4 is 15.9 Å². The molecule has 3 aromatic rings. The molecule has 1 saturated heterocycles. The zero-order valence-corrected chi connectivity index (χ0v) is 18.3. The van der Waals surface area contributed by atoms with E-state index in [2.05, 4.69) is 15.5 Å². The van der Waals surface area contributed by atoms with Crippen molar-refractivity contribution < 1.29 is 22.1 Å². The third-order valence-corrected chi connectivity index (χ3v) is 7.35. The molecule has 0 bridgehead atoms. The van der Waals surface area contributed by atoms with Gasteiger partial charge in [-0.25, -0.2) is 12.8 Å². The number of aryl methyl sites for hydroxylation is 1. The van der Waals surface area contributed by atoms with Gasteiger partial charge in [0.2, 0.25) is 27.6 Å². The van der Waals surface area contributed by atoms with Gasteiger partial charge in [-0.3, -0.25) is 4.79 Å². The highest BCUT2D eigenvalue weighted by molar-refractivity contribution is 7.89. The van der Waals surface area contributed by atoms with E-state index < -0.39 is 21.8 Å². The number of halogens is 1. The summed E-state index contributed by atoms with van der Waals surface area (Å²) in [6.45, 7) is 2.37. The Morgan fingerprint density at radius 1 is 1.22 bits per heavy atom. The van der Waals surface area contributed by atoms with Crippen LogP contribution in [-0.4, -0.2) is 41.9 Å². The number of hydrogen-bond donors (Lipinski definition) is 1. The molecular weight excluding hydrogens is 435 g/mol. The monoisotopic (exact) mass is 458 g/mol. The fourth-order valence-electron chi connectivity index (χ4n) is 3.70. The molecule has 1 amide bonds. The normalized spacial score (nSPS) is 17.2. The van der Waals surface area contributed by atoms with Gasteiger partial charge in [0.1, 0.15) is 5.82 Å². The van der Waals surface area contributed by atoms with Gasteiger partial charge >= 0.3 is 0 Å². The molecule has 1 aliphatic heterocycles. The number of piperidine rings is 1. The van der Waals surface area contributed by atoms with E-state index in [-0.39, 0.29) is 29.8 Å². The first kappa shape index (κ1) is 22.1. The van der Waals surface area contributed by atoms with E-state index in [1.54, 1.807) is 0 Å². The lowest BCUT2D eigenvalue weighted by Gasteiger charge is -2.31. The van der Waals surface area contributed by atoms with Crippen molar-refractivity contribution in [1.29, 1.82) is 0 Å². The Bertz CT molecular complexity index is 1210. The first-order valence-electron chi connectivity index (χ1n) is 10.3. The van der Waals surface area contributed by atoms with Crippen LogP contribution in [0, 0.1) is 18.7 Å². The summed E-state index contributed by atoms with van der Waals surface area (Å²) in [4.78, 5) is 17.0. The second kappa shape index (κ2) is 9.17. The lowest BCUT2D eigenvalue weighted by Crippen LogP contribution is -2.45. The highest BCUT2D eigenvalue weighted by Crippen LogP contribution is 2.24. The molecule has 1 aromatic heterocycles. The Kier molecular flexibility index (Phi) is 6.33. The van der Waals surface area contributed by atoms with Crippen molar-refractivity contribution in [3.8, 4) is 11.4 Å². The highest BCUT2D eigenvalue weighted by Gasteiger charge is 2.33. The molecule has 1 N–H and O–H groups in total. The largest absolute Gasteiger partial charge is 0.347 e. The number of amides is 1. The summed E-state index contributed by atoms with van der Waals surface area (Å²) in [7, 11) is -3.80. The second-order valence-corrected chi connectivity index (χ2v) is 9.64. The molecule has 1 fully saturated rings. The third kappa shape index (κ3) is 4.71. The van der Waals surface area contributed by atoms with Crippen molar-refractivity contribution in [1.82, 2.24) is 19.8 Å². The maximum absolute atomic E-state index is 13.1. The van der Waals surface area contributed by atoms with Crippen LogP contribution in [0.4, 0.5) is 4.39 Å². The van der Waals surface area contributed by atoms with Gasteiger partial charge in [-0.05, 0) is 49.6 Å². The second-order valence-electron chi connectivity index (χ2n) is 7.70. The molecule has 168 valence electrons. The minimum Gasteiger partial charge on any atom is -0.347 e. The molecule has 2 heterocycles. The van der Waals surface area contributed by atoms with Crippen LogP contribution in [0.2, 0.25) is 0 Å². The maximum atomic E-state index is 13.1. The van der Waals surface area contributed by atoms with Gasteiger partial charge in [0.25, 0.3) is 0 Å². The Hall–Kier alpha value is -3.11. The number of aromatic nitrogens is 2. The summed E-state index contributed by atoms with van der Waals surface area (Å²) >= 11 is 0. The molecule has 1 atom stereocenters. The molecule has 4 rings (SSSR count). The van der Waals surface area contributed by atoms with Crippen LogP contribution in [0.1, 0.15) is 24.3 Å². The molecule has 32 heavy (non-hydrogen) atoms. The minimum absolute atomic E-state index is 0.00885. The van der Waals surface area contributed by atoms with Crippen molar-refractivity contribution in [2.24, 2.45) is 5.92 Å². The van der Waals surface area contributed by atoms with Crippen molar-refractivity contribution in [3.05, 3.63) is 65.8 Å². The van der Waals surface area contributed by atoms with Gasteiger partial charge in [0, 0.05) is 18.7 Å². The third-order valence-electron chi connectivity index (χ3n) is 5.47. The Morgan fingerprint density at radius 2 is 1.97 bits per heavy atom. The molecule has 0 saturated carbocycles. The van der Waals surface area contributed by atoms with Crippen molar-refractivity contribution in [3.63, 3.8) is 0 Å². The van der Waals surface area contributed by atoms with Gasteiger partial charge in [-0.2, -0.15) is 9.29 Å². The van der Waals surface area contributed by atoms with Gasteiger partial charge < -0.3 is 9.84 Å². The summed E-state index contributed by atoms with van der Waals surface area (Å²) < 4.78 is 45.4. The van der Waals surface area contributed by atoms with Crippen LogP contribution >= 0.6 is 0 Å². The van der Waals surface area contributed by atoms with Gasteiger partial charge in [-0.1, -0.05) is 29.4 Å². The van der Waals surface area contributed by atoms with Gasteiger partial charge in [0.15, 0.2) is 0 Å². The molecule has 0 spiro atoms. The number of hydrogen-bond acceptors (Lipinski definition) is 6. The topological polar surface area (TPSA) is 105 Å². The van der Waals surface area contributed by atoms with Crippen LogP contribution in [0.15, 0.2) is 57.9 Å². The summed E-state index contributed by atoms with van der Waals surface area (Å²) in [6, 6.07) is 12.3. The number of sulfonamides is 1. The molecule has 1 aliphatic rings. The summed E-state index contributed by atoms with van der Waals surface area (Å²) in [5, 5.41) is 6.73. The zero-order chi connectivity index (χ0) is 22.7. The molecule has 8 nitrogen and oxygen atoms in total. The predicted molar refractivity (Wildman–Crippen MR) is 114 cm³/mol. The number of nitrogens with one attached hydrogen (secondary N) is 1. The first-order valence-corrected chi connectivity index (χ1v) is 11.7. The zero-order valence-electron chi connectivity index (χ0n) is 17.5. The van der Waals surface area contributed by atoms with E-state index in [0.29, 0.717) is 25.2 Å². The number of carbonyl (C=O) groups is 1. The summed E-state index contributed by atoms with van der Waals surface area (Å²) in [6.07, 6.45) is 1.12. The predicted octanol–water partition coefficient (Wildman–Crippen LogP) is 2.90. The Morgan fingerprint density at radius 3 is 2.72 bits per heavy atom. The maximum Gasteiger partial charge on any atom is 0.246 e. The standard InChI is InChI=1S/C22H23FN4O4S/c1-15-5-2-3-7-19(15)21-25-20(31-26-21)13-24-22(28)16-6-4-12-27(14-16)32(29,30)18-10-8-17(23)9-11-18/h2-3,5,7-11,16H,4,6,12-14H2,1H3,(H,24,28)/t16-/m0/s1. The molecule has 2 aromatic carbocycles. The lowest BCUT2D eigenvalue weighted by molar-refractivity contribution is -0.126. The fraction of sp³-hybridized carbons (Fsp3) is 0.318. The SMILES string of the molecule is Cc1ccccc1-c1noc(CNC(=O)[C@H]2CCCN(S(=O)(=O)c3ccc(F)cc3)C2)n1. The molecular formula is C22H23FN4O4S. The van der Waals surface area contributed by atoms with E-state index >= 15 is 0 Å². The first-order chi connectivity index (χ1) is 15.3. The van der Waals surface area contributed by atoms with Crippen LogP contribution in [-0.2, 0) is 21.4 Å². The summed E-state index contributed by atoms with van der Waals surface area (Å²) in [5.74, 6) is -0.575. The molecule has 0 unspecified atom stereocenters. The average Bonchev–Trinajstić information content (AvgIpc) is 3.27. The van der Waals surface area contributed by atoms with Crippen LogP contribution < -0.4 is 5.32 Å². The smallest absolute Gasteiger partial charge is 0.246 e. The number of benzene rings is 2. The molecule has 0 aliphatic carbocycles. The van der Waals surface area contributed by atoms with E-state index in [1.165, 1.54) is 16.4 Å². The Labute approximate surface area is 185 Å². The minimum atomic E-state index is -3.80. The van der Waals surface area contributed by atoms with Crippen molar-refractivity contribution in [2.45, 2.75) is 31.2 Å². The quantitative estimate of drug-likeness (QED) is 0.609. The number of rotatable bonds is 6. The molecule has 0 radical (unpaired) electrons. The van der Waals surface area contributed by atoms with E-state index in [0.717, 1.165) is 23.3 Å². The van der Waals surface area contributed by atoms with Gasteiger partial charge in [-0.15, -0.1) is 0 Å². The highest BCUT2D eigenvalue weighted by atomic mass is 32.2. The van der Waals surface area contributed by atoms with E-state index in [9.17, 15) is 17.6 Å². The van der Waals surface area contributed by atoms with Crippen LogP contribution in [0.5, 0.6) is 0 Å². The van der Waals surface area contributed by atoms with Crippen LogP contribution in [0.3, 0.4) is 0 Å². The fourth-order valence-corrected chi connectivity index (χ4v) is 5.22.